The van der Waals surface area contributed by atoms with Crippen molar-refractivity contribution < 1.29 is 9.18 Å². The van der Waals surface area contributed by atoms with Crippen molar-refractivity contribution in [2.75, 3.05) is 0 Å². The highest BCUT2D eigenvalue weighted by molar-refractivity contribution is 5.94. The van der Waals surface area contributed by atoms with Gasteiger partial charge in [-0.15, -0.1) is 0 Å². The summed E-state index contributed by atoms with van der Waals surface area (Å²) in [5.41, 5.74) is 3.23. The van der Waals surface area contributed by atoms with Gasteiger partial charge in [0.05, 0.1) is 5.69 Å². The van der Waals surface area contributed by atoms with Crippen LogP contribution in [0.15, 0.2) is 30.3 Å². The first-order valence-electron chi connectivity index (χ1n) is 5.04. The zero-order chi connectivity index (χ0) is 11.7. The van der Waals surface area contributed by atoms with Crippen molar-refractivity contribution in [2.45, 2.75) is 13.8 Å². The van der Waals surface area contributed by atoms with Gasteiger partial charge in [-0.05, 0) is 48.4 Å². The Morgan fingerprint density at radius 3 is 2.38 bits per heavy atom. The van der Waals surface area contributed by atoms with Gasteiger partial charge in [0.25, 0.3) is 0 Å². The van der Waals surface area contributed by atoms with Crippen LogP contribution in [0.3, 0.4) is 0 Å². The number of carbonyl (C=O) groups is 1. The third-order valence-electron chi connectivity index (χ3n) is 2.52. The van der Waals surface area contributed by atoms with Gasteiger partial charge in [0.2, 0.25) is 0 Å². The summed E-state index contributed by atoms with van der Waals surface area (Å²) in [5, 5.41) is 0. The highest BCUT2D eigenvalue weighted by Gasteiger charge is 2.09. The molecule has 0 saturated carbocycles. The first-order valence-corrected chi connectivity index (χ1v) is 5.04. The van der Waals surface area contributed by atoms with Gasteiger partial charge >= 0.3 is 0 Å². The molecule has 0 aliphatic rings. The average Bonchev–Trinajstić information content (AvgIpc) is 2.61. The van der Waals surface area contributed by atoms with Gasteiger partial charge in [-0.3, -0.25) is 4.79 Å². The minimum absolute atomic E-state index is 0.00543. The van der Waals surface area contributed by atoms with Gasteiger partial charge in [-0.1, -0.05) is 0 Å². The Bertz CT molecular complexity index is 525. The maximum Gasteiger partial charge on any atom is 0.176 e. The first-order chi connectivity index (χ1) is 7.58. The van der Waals surface area contributed by atoms with Crippen molar-refractivity contribution >= 4 is 5.78 Å². The molecule has 1 heterocycles. The number of halogens is 1. The molecule has 1 aromatic carbocycles. The Labute approximate surface area is 93.1 Å². The lowest BCUT2D eigenvalue weighted by Gasteiger charge is -1.97. The summed E-state index contributed by atoms with van der Waals surface area (Å²) in [5.74, 6) is -0.260. The van der Waals surface area contributed by atoms with Crippen LogP contribution in [0.5, 0.6) is 0 Å². The predicted molar refractivity (Wildman–Crippen MR) is 60.9 cm³/mol. The van der Waals surface area contributed by atoms with Crippen LogP contribution >= 0.6 is 0 Å². The van der Waals surface area contributed by atoms with Crippen molar-refractivity contribution in [3.63, 3.8) is 0 Å². The van der Waals surface area contributed by atoms with Crippen LogP contribution in [0.25, 0.3) is 11.3 Å². The molecular weight excluding hydrogens is 205 g/mol. The van der Waals surface area contributed by atoms with E-state index in [1.54, 1.807) is 12.1 Å². The van der Waals surface area contributed by atoms with Crippen molar-refractivity contribution in [2.24, 2.45) is 0 Å². The summed E-state index contributed by atoms with van der Waals surface area (Å²) >= 11 is 0. The van der Waals surface area contributed by atoms with Crippen LogP contribution in [0.2, 0.25) is 0 Å². The second-order valence-corrected chi connectivity index (χ2v) is 3.80. The molecule has 3 heteroatoms. The van der Waals surface area contributed by atoms with E-state index in [1.807, 2.05) is 13.0 Å². The molecule has 0 unspecified atom stereocenters. The smallest absolute Gasteiger partial charge is 0.176 e. The molecule has 16 heavy (non-hydrogen) atoms. The van der Waals surface area contributed by atoms with Crippen LogP contribution in [0.1, 0.15) is 23.0 Å². The molecule has 2 rings (SSSR count). The molecule has 1 N–H and O–H groups in total. The second kappa shape index (κ2) is 3.93. The zero-order valence-corrected chi connectivity index (χ0v) is 9.17. The normalized spacial score (nSPS) is 10.4. The van der Waals surface area contributed by atoms with Crippen molar-refractivity contribution in [3.8, 4) is 11.3 Å². The molecule has 1 aromatic heterocycles. The highest BCUT2D eigenvalue weighted by Crippen LogP contribution is 2.22. The second-order valence-electron chi connectivity index (χ2n) is 3.80. The summed E-state index contributed by atoms with van der Waals surface area (Å²) < 4.78 is 12.8. The molecule has 0 aliphatic heterocycles. The van der Waals surface area contributed by atoms with Crippen LogP contribution in [0, 0.1) is 12.7 Å². The van der Waals surface area contributed by atoms with E-state index in [0.29, 0.717) is 5.69 Å². The van der Waals surface area contributed by atoms with Gasteiger partial charge in [0, 0.05) is 12.6 Å². The van der Waals surface area contributed by atoms with E-state index in [1.165, 1.54) is 19.1 Å². The molecule has 0 saturated heterocycles. The Hall–Kier alpha value is -1.90. The predicted octanol–water partition coefficient (Wildman–Crippen LogP) is 3.33. The number of aryl methyl sites for hydroxylation is 1. The molecule has 0 fully saturated rings. The Balaban J connectivity index is 2.45. The van der Waals surface area contributed by atoms with Crippen LogP contribution < -0.4 is 0 Å². The number of carbonyl (C=O) groups excluding carboxylic acids is 1. The number of nitrogens with one attached hydrogen (secondary N) is 1. The van der Waals surface area contributed by atoms with E-state index in [2.05, 4.69) is 4.98 Å². The zero-order valence-electron chi connectivity index (χ0n) is 9.17. The third-order valence-corrected chi connectivity index (χ3v) is 2.52. The number of benzene rings is 1. The van der Waals surface area contributed by atoms with Crippen LogP contribution in [0.4, 0.5) is 4.39 Å². The minimum atomic E-state index is -0.265. The fraction of sp³-hybridized carbons (Fsp3) is 0.154. The topological polar surface area (TPSA) is 32.9 Å². The standard InChI is InChI=1S/C13H12FNO/c1-8-7-12(15-13(8)9(2)16)10-3-5-11(14)6-4-10/h3-7,15H,1-2H3. The van der Waals surface area contributed by atoms with Gasteiger partial charge in [-0.25, -0.2) is 4.39 Å². The largest absolute Gasteiger partial charge is 0.352 e. The lowest BCUT2D eigenvalue weighted by Crippen LogP contribution is -1.94. The van der Waals surface area contributed by atoms with Crippen LogP contribution in [-0.2, 0) is 0 Å². The van der Waals surface area contributed by atoms with Gasteiger partial charge < -0.3 is 4.98 Å². The quantitative estimate of drug-likeness (QED) is 0.769. The van der Waals surface area contributed by atoms with E-state index >= 15 is 0 Å². The third kappa shape index (κ3) is 1.89. The van der Waals surface area contributed by atoms with E-state index < -0.39 is 0 Å². The highest BCUT2D eigenvalue weighted by atomic mass is 19.1. The minimum Gasteiger partial charge on any atom is -0.352 e. The van der Waals surface area contributed by atoms with E-state index in [4.69, 9.17) is 0 Å². The van der Waals surface area contributed by atoms with Crippen molar-refractivity contribution in [1.82, 2.24) is 4.98 Å². The monoisotopic (exact) mass is 217 g/mol. The van der Waals surface area contributed by atoms with Gasteiger partial charge in [0.1, 0.15) is 5.82 Å². The molecule has 0 atom stereocenters. The lowest BCUT2D eigenvalue weighted by atomic mass is 10.1. The SMILES string of the molecule is CC(=O)c1[nH]c(-c2ccc(F)cc2)cc1C. The number of aromatic nitrogens is 1. The molecule has 0 bridgehead atoms. The summed E-state index contributed by atoms with van der Waals surface area (Å²) in [6, 6.07) is 8.07. The summed E-state index contributed by atoms with van der Waals surface area (Å²) in [6.07, 6.45) is 0. The molecule has 0 spiro atoms. The number of rotatable bonds is 2. The van der Waals surface area contributed by atoms with Gasteiger partial charge in [0.15, 0.2) is 5.78 Å². The number of ketones is 1. The Morgan fingerprint density at radius 1 is 1.25 bits per heavy atom. The summed E-state index contributed by atoms with van der Waals surface area (Å²) in [6.45, 7) is 3.40. The average molecular weight is 217 g/mol. The molecule has 2 nitrogen and oxygen atoms in total. The van der Waals surface area contributed by atoms with Gasteiger partial charge in [-0.2, -0.15) is 0 Å². The van der Waals surface area contributed by atoms with E-state index in [0.717, 1.165) is 16.8 Å². The number of hydrogen-bond acceptors (Lipinski definition) is 1. The van der Waals surface area contributed by atoms with Crippen LogP contribution in [-0.4, -0.2) is 10.8 Å². The molecule has 2 aromatic rings. The molecule has 0 aliphatic carbocycles. The fourth-order valence-electron chi connectivity index (χ4n) is 1.71. The maximum absolute atomic E-state index is 12.8. The maximum atomic E-state index is 12.8. The van der Waals surface area contributed by atoms with E-state index in [-0.39, 0.29) is 11.6 Å². The number of Topliss-reactive ketones (excluding diaryl/α,β-unsaturated/α-hetero) is 1. The fourth-order valence-corrected chi connectivity index (χ4v) is 1.71. The molecule has 0 radical (unpaired) electrons. The van der Waals surface area contributed by atoms with Crippen molar-refractivity contribution in [3.05, 3.63) is 47.4 Å². The van der Waals surface area contributed by atoms with Crippen molar-refractivity contribution in [1.29, 1.82) is 0 Å². The number of hydrogen-bond donors (Lipinski definition) is 1. The van der Waals surface area contributed by atoms with E-state index in [9.17, 15) is 9.18 Å². The molecule has 82 valence electrons. The first kappa shape index (κ1) is 10.6. The summed E-state index contributed by atoms with van der Waals surface area (Å²) in [4.78, 5) is 14.3. The summed E-state index contributed by atoms with van der Waals surface area (Å²) in [7, 11) is 0. The Kier molecular flexibility index (Phi) is 2.60. The Morgan fingerprint density at radius 2 is 1.88 bits per heavy atom. The lowest BCUT2D eigenvalue weighted by molar-refractivity contribution is 0.101. The molecule has 0 amide bonds. The number of aromatic amines is 1. The molecular formula is C13H12FNO. The number of H-pyrrole nitrogens is 1.